The second-order valence-corrected chi connectivity index (χ2v) is 6.18. The molecule has 1 aliphatic carbocycles. The van der Waals surface area contributed by atoms with Gasteiger partial charge in [-0.3, -0.25) is 9.59 Å². The topological polar surface area (TPSA) is 66.4 Å². The number of aliphatic carboxylic acids is 1. The van der Waals surface area contributed by atoms with E-state index in [-0.39, 0.29) is 17.9 Å². The van der Waals surface area contributed by atoms with Gasteiger partial charge in [0.15, 0.2) is 0 Å². The van der Waals surface area contributed by atoms with Gasteiger partial charge in [-0.25, -0.2) is 0 Å². The molecule has 1 saturated carbocycles. The molecule has 2 unspecified atom stereocenters. The number of carboxylic acids is 1. The van der Waals surface area contributed by atoms with E-state index in [0.29, 0.717) is 6.42 Å². The van der Waals surface area contributed by atoms with E-state index in [2.05, 4.69) is 5.32 Å². The van der Waals surface area contributed by atoms with Crippen molar-refractivity contribution in [3.63, 3.8) is 0 Å². The Morgan fingerprint density at radius 2 is 1.73 bits per heavy atom. The van der Waals surface area contributed by atoms with Gasteiger partial charge in [0.1, 0.15) is 0 Å². The van der Waals surface area contributed by atoms with Crippen LogP contribution in [-0.4, -0.2) is 23.0 Å². The number of rotatable bonds is 4. The molecule has 1 fully saturated rings. The van der Waals surface area contributed by atoms with Gasteiger partial charge in [0.05, 0.1) is 11.8 Å². The van der Waals surface area contributed by atoms with Crippen LogP contribution in [0.3, 0.4) is 0 Å². The Bertz CT molecular complexity index is 500. The molecule has 0 spiro atoms. The molecule has 0 aliphatic heterocycles. The van der Waals surface area contributed by atoms with E-state index in [1.54, 1.807) is 0 Å². The summed E-state index contributed by atoms with van der Waals surface area (Å²) in [6, 6.07) is 9.35. The first kappa shape index (κ1) is 16.5. The number of carbonyl (C=O) groups excluding carboxylic acids is 1. The molecule has 0 heterocycles. The van der Waals surface area contributed by atoms with Crippen molar-refractivity contribution in [2.45, 2.75) is 57.4 Å². The lowest BCUT2D eigenvalue weighted by Crippen LogP contribution is -2.45. The number of benzene rings is 1. The Labute approximate surface area is 131 Å². The highest BCUT2D eigenvalue weighted by atomic mass is 16.4. The first-order chi connectivity index (χ1) is 10.6. The standard InChI is InChI=1S/C18H25NO3/c1-13(14-9-5-4-6-10-14)17(20)19-16-12-8-3-2-7-11-15(16)18(21)22/h4-6,9-10,13,15-16H,2-3,7-8,11-12H2,1H3,(H,19,20)(H,21,22)/t13-,15?,16?/m1/s1. The van der Waals surface area contributed by atoms with Crippen LogP contribution < -0.4 is 5.32 Å². The highest BCUT2D eigenvalue weighted by molar-refractivity contribution is 5.84. The van der Waals surface area contributed by atoms with Crippen molar-refractivity contribution >= 4 is 11.9 Å². The molecule has 2 rings (SSSR count). The van der Waals surface area contributed by atoms with Crippen molar-refractivity contribution in [1.82, 2.24) is 5.32 Å². The van der Waals surface area contributed by atoms with Crippen LogP contribution in [0, 0.1) is 5.92 Å². The molecule has 3 atom stereocenters. The third kappa shape index (κ3) is 4.33. The van der Waals surface area contributed by atoms with Gasteiger partial charge in [0.2, 0.25) is 5.91 Å². The fraction of sp³-hybridized carbons (Fsp3) is 0.556. The van der Waals surface area contributed by atoms with Crippen LogP contribution in [0.1, 0.15) is 56.9 Å². The van der Waals surface area contributed by atoms with E-state index in [1.807, 2.05) is 37.3 Å². The predicted octanol–water partition coefficient (Wildman–Crippen LogP) is 3.33. The van der Waals surface area contributed by atoms with Gasteiger partial charge in [0.25, 0.3) is 0 Å². The van der Waals surface area contributed by atoms with E-state index in [4.69, 9.17) is 0 Å². The highest BCUT2D eigenvalue weighted by Gasteiger charge is 2.31. The summed E-state index contributed by atoms with van der Waals surface area (Å²) in [5.74, 6) is -1.60. The van der Waals surface area contributed by atoms with Crippen molar-refractivity contribution in [1.29, 1.82) is 0 Å². The quantitative estimate of drug-likeness (QED) is 0.896. The lowest BCUT2D eigenvalue weighted by molar-refractivity contribution is -0.143. The van der Waals surface area contributed by atoms with Gasteiger partial charge in [0, 0.05) is 6.04 Å². The number of carbonyl (C=O) groups is 2. The predicted molar refractivity (Wildman–Crippen MR) is 85.6 cm³/mol. The van der Waals surface area contributed by atoms with Gasteiger partial charge < -0.3 is 10.4 Å². The van der Waals surface area contributed by atoms with Crippen molar-refractivity contribution in [3.05, 3.63) is 35.9 Å². The summed E-state index contributed by atoms with van der Waals surface area (Å²) >= 11 is 0. The molecule has 0 saturated heterocycles. The van der Waals surface area contributed by atoms with E-state index in [0.717, 1.165) is 37.7 Å². The minimum absolute atomic E-state index is 0.0805. The van der Waals surface area contributed by atoms with E-state index >= 15 is 0 Å². The molecule has 1 aromatic rings. The second-order valence-electron chi connectivity index (χ2n) is 6.18. The normalized spacial score (nSPS) is 23.9. The van der Waals surface area contributed by atoms with Crippen LogP contribution in [0.5, 0.6) is 0 Å². The largest absolute Gasteiger partial charge is 0.481 e. The molecule has 1 amide bonds. The molecule has 0 radical (unpaired) electrons. The zero-order valence-corrected chi connectivity index (χ0v) is 13.1. The highest BCUT2D eigenvalue weighted by Crippen LogP contribution is 2.24. The minimum atomic E-state index is -0.792. The van der Waals surface area contributed by atoms with Crippen molar-refractivity contribution in [3.8, 4) is 0 Å². The minimum Gasteiger partial charge on any atom is -0.481 e. The van der Waals surface area contributed by atoms with Crippen LogP contribution in [0.15, 0.2) is 30.3 Å². The number of hydrogen-bond donors (Lipinski definition) is 2. The van der Waals surface area contributed by atoms with Crippen molar-refractivity contribution in [2.75, 3.05) is 0 Å². The summed E-state index contributed by atoms with van der Waals surface area (Å²) in [5.41, 5.74) is 0.956. The fourth-order valence-electron chi connectivity index (χ4n) is 3.15. The molecule has 0 bridgehead atoms. The Hall–Kier alpha value is -1.84. The van der Waals surface area contributed by atoms with Crippen LogP contribution in [0.2, 0.25) is 0 Å². The van der Waals surface area contributed by atoms with Gasteiger partial charge in [-0.2, -0.15) is 0 Å². The molecule has 4 nitrogen and oxygen atoms in total. The molecule has 1 aromatic carbocycles. The number of amides is 1. The van der Waals surface area contributed by atoms with Gasteiger partial charge in [-0.05, 0) is 25.3 Å². The first-order valence-corrected chi connectivity index (χ1v) is 8.17. The summed E-state index contributed by atoms with van der Waals surface area (Å²) in [6.07, 6.45) is 5.52. The summed E-state index contributed by atoms with van der Waals surface area (Å²) in [5, 5.41) is 12.4. The first-order valence-electron chi connectivity index (χ1n) is 8.17. The van der Waals surface area contributed by atoms with E-state index in [9.17, 15) is 14.7 Å². The number of carboxylic acid groups (broad SMARTS) is 1. The molecule has 4 heteroatoms. The van der Waals surface area contributed by atoms with Gasteiger partial charge in [-0.1, -0.05) is 56.0 Å². The average Bonchev–Trinajstić information content (AvgIpc) is 2.49. The SMILES string of the molecule is C[C@@H](C(=O)NC1CCCCCCC1C(=O)O)c1ccccc1. The molecule has 0 aromatic heterocycles. The Balaban J connectivity index is 2.04. The summed E-state index contributed by atoms with van der Waals surface area (Å²) in [6.45, 7) is 1.86. The molecular formula is C18H25NO3. The monoisotopic (exact) mass is 303 g/mol. The lowest BCUT2D eigenvalue weighted by atomic mass is 9.86. The maximum Gasteiger partial charge on any atom is 0.308 e. The van der Waals surface area contributed by atoms with Crippen LogP contribution in [0.25, 0.3) is 0 Å². The number of hydrogen-bond acceptors (Lipinski definition) is 2. The molecule has 120 valence electrons. The zero-order valence-electron chi connectivity index (χ0n) is 13.1. The van der Waals surface area contributed by atoms with Crippen LogP contribution in [-0.2, 0) is 9.59 Å². The third-order valence-electron chi connectivity index (χ3n) is 4.60. The average molecular weight is 303 g/mol. The smallest absolute Gasteiger partial charge is 0.308 e. The lowest BCUT2D eigenvalue weighted by Gasteiger charge is -2.28. The van der Waals surface area contributed by atoms with Crippen molar-refractivity contribution < 1.29 is 14.7 Å². The van der Waals surface area contributed by atoms with Crippen molar-refractivity contribution in [2.24, 2.45) is 5.92 Å². The fourth-order valence-corrected chi connectivity index (χ4v) is 3.15. The zero-order chi connectivity index (χ0) is 15.9. The summed E-state index contributed by atoms with van der Waals surface area (Å²) < 4.78 is 0. The van der Waals surface area contributed by atoms with Crippen LogP contribution in [0.4, 0.5) is 0 Å². The summed E-state index contributed by atoms with van der Waals surface area (Å²) in [7, 11) is 0. The summed E-state index contributed by atoms with van der Waals surface area (Å²) in [4.78, 5) is 24.0. The Kier molecular flexibility index (Phi) is 5.99. The van der Waals surface area contributed by atoms with E-state index < -0.39 is 11.9 Å². The maximum atomic E-state index is 12.5. The molecular weight excluding hydrogens is 278 g/mol. The second kappa shape index (κ2) is 7.97. The third-order valence-corrected chi connectivity index (χ3v) is 4.60. The van der Waals surface area contributed by atoms with Gasteiger partial charge in [-0.15, -0.1) is 0 Å². The molecule has 1 aliphatic rings. The number of nitrogens with one attached hydrogen (secondary N) is 1. The molecule has 22 heavy (non-hydrogen) atoms. The van der Waals surface area contributed by atoms with Crippen LogP contribution >= 0.6 is 0 Å². The van der Waals surface area contributed by atoms with E-state index in [1.165, 1.54) is 0 Å². The Morgan fingerprint density at radius 1 is 1.09 bits per heavy atom. The molecule has 2 N–H and O–H groups in total. The van der Waals surface area contributed by atoms with Gasteiger partial charge >= 0.3 is 5.97 Å². The maximum absolute atomic E-state index is 12.5. The Morgan fingerprint density at radius 3 is 2.36 bits per heavy atom.